The van der Waals surface area contributed by atoms with E-state index in [1.54, 1.807) is 0 Å². The van der Waals surface area contributed by atoms with Crippen molar-refractivity contribution in [3.05, 3.63) is 63.1 Å². The predicted molar refractivity (Wildman–Crippen MR) is 82.1 cm³/mol. The average Bonchev–Trinajstić information content (AvgIpc) is 2.35. The summed E-state index contributed by atoms with van der Waals surface area (Å²) in [5.41, 5.74) is 6.44. The van der Waals surface area contributed by atoms with Crippen LogP contribution >= 0.6 is 15.9 Å². The molecular weight excluding hydrogens is 286 g/mol. The molecule has 0 heterocycles. The maximum Gasteiger partial charge on any atom is 0.0403 e. The van der Waals surface area contributed by atoms with Gasteiger partial charge in [-0.15, -0.1) is 0 Å². The molecular formula is C16H18BrN. The van der Waals surface area contributed by atoms with Gasteiger partial charge in [0.2, 0.25) is 0 Å². The molecule has 18 heavy (non-hydrogen) atoms. The molecule has 0 unspecified atom stereocenters. The highest BCUT2D eigenvalue weighted by molar-refractivity contribution is 9.10. The maximum atomic E-state index is 3.56. The van der Waals surface area contributed by atoms with Crippen molar-refractivity contribution in [2.75, 3.05) is 5.32 Å². The summed E-state index contributed by atoms with van der Waals surface area (Å²) in [6.07, 6.45) is 0. The molecule has 2 aromatic carbocycles. The van der Waals surface area contributed by atoms with Crippen LogP contribution in [0.15, 0.2) is 40.9 Å². The first-order chi connectivity index (χ1) is 8.58. The summed E-state index contributed by atoms with van der Waals surface area (Å²) in [5.74, 6) is 0. The van der Waals surface area contributed by atoms with Crippen LogP contribution in [0.4, 0.5) is 5.69 Å². The van der Waals surface area contributed by atoms with Crippen LogP contribution in [-0.2, 0) is 6.54 Å². The zero-order chi connectivity index (χ0) is 13.1. The lowest BCUT2D eigenvalue weighted by Gasteiger charge is -2.13. The highest BCUT2D eigenvalue weighted by Gasteiger charge is 2.03. The number of halogens is 1. The lowest BCUT2D eigenvalue weighted by Crippen LogP contribution is -2.03. The molecule has 2 heteroatoms. The molecule has 0 saturated carbocycles. The predicted octanol–water partition coefficient (Wildman–Crippen LogP) is 4.99. The van der Waals surface area contributed by atoms with Gasteiger partial charge in [-0.05, 0) is 49.6 Å². The minimum atomic E-state index is 0.866. The van der Waals surface area contributed by atoms with E-state index in [-0.39, 0.29) is 0 Å². The Labute approximate surface area is 117 Å². The Morgan fingerprint density at radius 2 is 1.83 bits per heavy atom. The highest BCUT2D eigenvalue weighted by Crippen LogP contribution is 2.24. The van der Waals surface area contributed by atoms with Gasteiger partial charge in [-0.3, -0.25) is 0 Å². The van der Waals surface area contributed by atoms with E-state index in [4.69, 9.17) is 0 Å². The van der Waals surface area contributed by atoms with Crippen molar-refractivity contribution in [2.24, 2.45) is 0 Å². The molecule has 0 aromatic heterocycles. The van der Waals surface area contributed by atoms with Gasteiger partial charge in [0.15, 0.2) is 0 Å². The quantitative estimate of drug-likeness (QED) is 0.842. The van der Waals surface area contributed by atoms with Crippen molar-refractivity contribution >= 4 is 21.6 Å². The van der Waals surface area contributed by atoms with Crippen molar-refractivity contribution < 1.29 is 0 Å². The number of hydrogen-bond acceptors (Lipinski definition) is 1. The zero-order valence-electron chi connectivity index (χ0n) is 11.0. The summed E-state index contributed by atoms with van der Waals surface area (Å²) in [4.78, 5) is 0. The Kier molecular flexibility index (Phi) is 4.07. The summed E-state index contributed by atoms with van der Waals surface area (Å²) in [7, 11) is 0. The summed E-state index contributed by atoms with van der Waals surface area (Å²) < 4.78 is 1.15. The fraction of sp³-hybridized carbons (Fsp3) is 0.250. The highest BCUT2D eigenvalue weighted by atomic mass is 79.9. The third-order valence-electron chi connectivity index (χ3n) is 3.24. The van der Waals surface area contributed by atoms with Crippen molar-refractivity contribution in [1.29, 1.82) is 0 Å². The van der Waals surface area contributed by atoms with Gasteiger partial charge < -0.3 is 5.32 Å². The van der Waals surface area contributed by atoms with E-state index in [0.717, 1.165) is 11.0 Å². The van der Waals surface area contributed by atoms with Gasteiger partial charge in [-0.1, -0.05) is 45.8 Å². The van der Waals surface area contributed by atoms with Crippen LogP contribution in [0.2, 0.25) is 0 Å². The fourth-order valence-electron chi connectivity index (χ4n) is 1.98. The molecule has 2 aromatic rings. The van der Waals surface area contributed by atoms with Crippen LogP contribution in [0.1, 0.15) is 22.3 Å². The van der Waals surface area contributed by atoms with E-state index in [0.29, 0.717) is 0 Å². The van der Waals surface area contributed by atoms with Crippen LogP contribution in [0, 0.1) is 20.8 Å². The van der Waals surface area contributed by atoms with Crippen molar-refractivity contribution in [3.63, 3.8) is 0 Å². The molecule has 1 nitrogen and oxygen atoms in total. The zero-order valence-corrected chi connectivity index (χ0v) is 12.6. The van der Waals surface area contributed by atoms with Crippen LogP contribution in [-0.4, -0.2) is 0 Å². The Morgan fingerprint density at radius 1 is 1.06 bits per heavy atom. The van der Waals surface area contributed by atoms with Gasteiger partial charge in [0, 0.05) is 16.7 Å². The summed E-state index contributed by atoms with van der Waals surface area (Å²) in [6.45, 7) is 7.28. The third kappa shape index (κ3) is 2.94. The number of hydrogen-bond donors (Lipinski definition) is 1. The SMILES string of the molecule is Cc1ccc(C)c(CNc2cccc(Br)c2C)c1. The fourth-order valence-corrected chi connectivity index (χ4v) is 2.35. The smallest absolute Gasteiger partial charge is 0.0403 e. The second-order valence-corrected chi connectivity index (χ2v) is 5.55. The van der Waals surface area contributed by atoms with Crippen molar-refractivity contribution in [1.82, 2.24) is 0 Å². The Morgan fingerprint density at radius 3 is 2.61 bits per heavy atom. The molecule has 0 atom stereocenters. The largest absolute Gasteiger partial charge is 0.381 e. The van der Waals surface area contributed by atoms with E-state index >= 15 is 0 Å². The van der Waals surface area contributed by atoms with Crippen LogP contribution < -0.4 is 5.32 Å². The number of anilines is 1. The minimum absolute atomic E-state index is 0.866. The lowest BCUT2D eigenvalue weighted by molar-refractivity contribution is 1.10. The molecule has 0 aliphatic heterocycles. The van der Waals surface area contributed by atoms with Crippen molar-refractivity contribution in [2.45, 2.75) is 27.3 Å². The first-order valence-electron chi connectivity index (χ1n) is 6.13. The normalized spacial score (nSPS) is 10.4. The number of nitrogens with one attached hydrogen (secondary N) is 1. The molecule has 0 bridgehead atoms. The molecule has 1 N–H and O–H groups in total. The monoisotopic (exact) mass is 303 g/mol. The first-order valence-corrected chi connectivity index (χ1v) is 6.92. The molecule has 0 aliphatic rings. The number of rotatable bonds is 3. The Hall–Kier alpha value is -1.28. The van der Waals surface area contributed by atoms with E-state index in [1.165, 1.54) is 27.9 Å². The third-order valence-corrected chi connectivity index (χ3v) is 4.10. The maximum absolute atomic E-state index is 3.56. The average molecular weight is 304 g/mol. The van der Waals surface area contributed by atoms with Gasteiger partial charge in [0.05, 0.1) is 0 Å². The Bertz CT molecular complexity index is 559. The molecule has 94 valence electrons. The van der Waals surface area contributed by atoms with Gasteiger partial charge in [0.1, 0.15) is 0 Å². The topological polar surface area (TPSA) is 12.0 Å². The summed E-state index contributed by atoms with van der Waals surface area (Å²) >= 11 is 3.56. The minimum Gasteiger partial charge on any atom is -0.381 e. The molecule has 0 fully saturated rings. The lowest BCUT2D eigenvalue weighted by atomic mass is 10.1. The standard InChI is InChI=1S/C16H18BrN/c1-11-7-8-12(2)14(9-11)10-18-16-6-4-5-15(17)13(16)3/h4-9,18H,10H2,1-3H3. The molecule has 2 rings (SSSR count). The van der Waals surface area contributed by atoms with Gasteiger partial charge in [0.25, 0.3) is 0 Å². The second kappa shape index (κ2) is 5.57. The van der Waals surface area contributed by atoms with E-state index in [9.17, 15) is 0 Å². The van der Waals surface area contributed by atoms with Gasteiger partial charge >= 0.3 is 0 Å². The van der Waals surface area contributed by atoms with Gasteiger partial charge in [-0.2, -0.15) is 0 Å². The summed E-state index contributed by atoms with van der Waals surface area (Å²) in [5, 5.41) is 3.51. The molecule has 0 aliphatic carbocycles. The van der Waals surface area contributed by atoms with E-state index < -0.39 is 0 Å². The summed E-state index contributed by atoms with van der Waals surface area (Å²) in [6, 6.07) is 12.8. The Balaban J connectivity index is 2.16. The molecule has 0 spiro atoms. The number of aryl methyl sites for hydroxylation is 2. The molecule has 0 amide bonds. The first kappa shape index (κ1) is 13.2. The number of benzene rings is 2. The second-order valence-electron chi connectivity index (χ2n) is 4.70. The van der Waals surface area contributed by atoms with Crippen LogP contribution in [0.3, 0.4) is 0 Å². The van der Waals surface area contributed by atoms with E-state index in [2.05, 4.69) is 78.4 Å². The molecule has 0 radical (unpaired) electrons. The van der Waals surface area contributed by atoms with Crippen LogP contribution in [0.5, 0.6) is 0 Å². The van der Waals surface area contributed by atoms with Crippen molar-refractivity contribution in [3.8, 4) is 0 Å². The van der Waals surface area contributed by atoms with E-state index in [1.807, 2.05) is 0 Å². The molecule has 0 saturated heterocycles. The van der Waals surface area contributed by atoms with Crippen LogP contribution in [0.25, 0.3) is 0 Å². The van der Waals surface area contributed by atoms with Gasteiger partial charge in [-0.25, -0.2) is 0 Å².